The summed E-state index contributed by atoms with van der Waals surface area (Å²) in [6, 6.07) is 8.65. The number of aliphatic hydroxyl groups is 1. The standard InChI is InChI=1S/C18H11F4NO/c19-14-5-1-3-12(16(14)21)10-7-11(9-24)18(23-8-10)13-4-2-6-15(20)17(13)22/h1-8,24H,9H2. The average molecular weight is 333 g/mol. The van der Waals surface area contributed by atoms with Crippen LogP contribution in [0.1, 0.15) is 5.56 Å². The molecule has 1 N–H and O–H groups in total. The normalized spacial score (nSPS) is 10.9. The van der Waals surface area contributed by atoms with E-state index in [1.807, 2.05) is 0 Å². The highest BCUT2D eigenvalue weighted by Crippen LogP contribution is 2.30. The number of rotatable bonds is 3. The zero-order chi connectivity index (χ0) is 17.3. The molecule has 0 aliphatic rings. The summed E-state index contributed by atoms with van der Waals surface area (Å²) in [7, 11) is 0. The van der Waals surface area contributed by atoms with Crippen molar-refractivity contribution < 1.29 is 22.7 Å². The molecule has 0 spiro atoms. The highest BCUT2D eigenvalue weighted by molar-refractivity contribution is 5.70. The lowest BCUT2D eigenvalue weighted by Gasteiger charge is -2.11. The fourth-order valence-electron chi connectivity index (χ4n) is 2.43. The van der Waals surface area contributed by atoms with E-state index in [0.717, 1.165) is 12.1 Å². The van der Waals surface area contributed by atoms with Gasteiger partial charge >= 0.3 is 0 Å². The van der Waals surface area contributed by atoms with Gasteiger partial charge in [0.25, 0.3) is 0 Å². The summed E-state index contributed by atoms with van der Waals surface area (Å²) >= 11 is 0. The molecule has 3 rings (SSSR count). The number of pyridine rings is 1. The maximum Gasteiger partial charge on any atom is 0.168 e. The third-order valence-corrected chi connectivity index (χ3v) is 3.61. The fraction of sp³-hybridized carbons (Fsp3) is 0.0556. The Bertz CT molecular complexity index is 912. The zero-order valence-corrected chi connectivity index (χ0v) is 12.2. The zero-order valence-electron chi connectivity index (χ0n) is 12.2. The van der Waals surface area contributed by atoms with Gasteiger partial charge in [0, 0.05) is 28.5 Å². The van der Waals surface area contributed by atoms with Gasteiger partial charge in [-0.3, -0.25) is 4.98 Å². The Morgan fingerprint density at radius 2 is 1.42 bits per heavy atom. The molecule has 0 radical (unpaired) electrons. The summed E-state index contributed by atoms with van der Waals surface area (Å²) in [5.41, 5.74) is 0.265. The first-order valence-electron chi connectivity index (χ1n) is 7.01. The van der Waals surface area contributed by atoms with Crippen LogP contribution in [0.5, 0.6) is 0 Å². The number of hydrogen-bond acceptors (Lipinski definition) is 2. The number of benzene rings is 2. The van der Waals surface area contributed by atoms with E-state index >= 15 is 0 Å². The Balaban J connectivity index is 2.16. The molecule has 2 aromatic carbocycles. The second kappa shape index (κ2) is 6.41. The minimum Gasteiger partial charge on any atom is -0.392 e. The van der Waals surface area contributed by atoms with Gasteiger partial charge in [-0.25, -0.2) is 17.6 Å². The number of aliphatic hydroxyl groups excluding tert-OH is 1. The predicted molar refractivity (Wildman–Crippen MR) is 80.9 cm³/mol. The van der Waals surface area contributed by atoms with Crippen LogP contribution in [0.25, 0.3) is 22.4 Å². The van der Waals surface area contributed by atoms with Crippen molar-refractivity contribution >= 4 is 0 Å². The number of aromatic nitrogens is 1. The van der Waals surface area contributed by atoms with Gasteiger partial charge in [0.2, 0.25) is 0 Å². The van der Waals surface area contributed by atoms with Gasteiger partial charge in [0.05, 0.1) is 12.3 Å². The second-order valence-electron chi connectivity index (χ2n) is 5.09. The van der Waals surface area contributed by atoms with Crippen molar-refractivity contribution in [2.75, 3.05) is 0 Å². The Morgan fingerprint density at radius 1 is 0.833 bits per heavy atom. The van der Waals surface area contributed by atoms with Gasteiger partial charge in [-0.2, -0.15) is 0 Å². The lowest BCUT2D eigenvalue weighted by Crippen LogP contribution is -1.99. The first-order valence-corrected chi connectivity index (χ1v) is 7.01. The molecule has 0 amide bonds. The SMILES string of the molecule is OCc1cc(-c2cccc(F)c2F)cnc1-c1cccc(F)c1F. The summed E-state index contributed by atoms with van der Waals surface area (Å²) in [4.78, 5) is 4.01. The van der Waals surface area contributed by atoms with Crippen molar-refractivity contribution in [1.29, 1.82) is 0 Å². The molecule has 0 atom stereocenters. The molecular formula is C18H11F4NO. The van der Waals surface area contributed by atoms with Crippen LogP contribution < -0.4 is 0 Å². The third-order valence-electron chi connectivity index (χ3n) is 3.61. The molecule has 0 bridgehead atoms. The number of hydrogen-bond donors (Lipinski definition) is 1. The van der Waals surface area contributed by atoms with Crippen molar-refractivity contribution in [1.82, 2.24) is 4.98 Å². The summed E-state index contributed by atoms with van der Waals surface area (Å²) in [6.45, 7) is -0.525. The predicted octanol–water partition coefficient (Wildman–Crippen LogP) is 4.46. The van der Waals surface area contributed by atoms with Crippen molar-refractivity contribution in [3.05, 3.63) is 77.5 Å². The maximum absolute atomic E-state index is 13.9. The van der Waals surface area contributed by atoms with E-state index in [0.29, 0.717) is 0 Å². The average Bonchev–Trinajstić information content (AvgIpc) is 2.59. The fourth-order valence-corrected chi connectivity index (χ4v) is 2.43. The van der Waals surface area contributed by atoms with Crippen LogP contribution in [-0.2, 0) is 6.61 Å². The molecule has 1 heterocycles. The molecule has 0 saturated heterocycles. The third kappa shape index (κ3) is 2.76. The van der Waals surface area contributed by atoms with Gasteiger partial charge in [-0.1, -0.05) is 18.2 Å². The molecular weight excluding hydrogens is 322 g/mol. The monoisotopic (exact) mass is 333 g/mol. The smallest absolute Gasteiger partial charge is 0.168 e. The van der Waals surface area contributed by atoms with Crippen LogP contribution >= 0.6 is 0 Å². The molecule has 0 fully saturated rings. The van der Waals surface area contributed by atoms with E-state index in [1.165, 1.54) is 36.5 Å². The van der Waals surface area contributed by atoms with Crippen molar-refractivity contribution in [2.45, 2.75) is 6.61 Å². The molecule has 1 aromatic heterocycles. The Labute approximate surface area is 135 Å². The summed E-state index contributed by atoms with van der Waals surface area (Å²) in [5, 5.41) is 9.51. The van der Waals surface area contributed by atoms with Crippen molar-refractivity contribution in [3.8, 4) is 22.4 Å². The molecule has 0 saturated carbocycles. The minimum absolute atomic E-state index is 0.0371. The quantitative estimate of drug-likeness (QED) is 0.718. The number of nitrogens with zero attached hydrogens (tertiary/aromatic N) is 1. The van der Waals surface area contributed by atoms with E-state index in [4.69, 9.17) is 0 Å². The van der Waals surface area contributed by atoms with Gasteiger partial charge in [-0.05, 0) is 24.3 Å². The second-order valence-corrected chi connectivity index (χ2v) is 5.09. The van der Waals surface area contributed by atoms with E-state index in [2.05, 4.69) is 4.98 Å². The van der Waals surface area contributed by atoms with Crippen LogP contribution in [-0.4, -0.2) is 10.1 Å². The first-order chi connectivity index (χ1) is 11.5. The van der Waals surface area contributed by atoms with Gasteiger partial charge in [0.1, 0.15) is 0 Å². The van der Waals surface area contributed by atoms with Crippen molar-refractivity contribution in [3.63, 3.8) is 0 Å². The van der Waals surface area contributed by atoms with Crippen LogP contribution in [0.4, 0.5) is 17.6 Å². The van der Waals surface area contributed by atoms with Crippen LogP contribution in [0.3, 0.4) is 0 Å². The Morgan fingerprint density at radius 3 is 2.04 bits per heavy atom. The summed E-state index contributed by atoms with van der Waals surface area (Å²) in [5.74, 6) is -4.20. The summed E-state index contributed by atoms with van der Waals surface area (Å²) in [6.07, 6.45) is 1.22. The van der Waals surface area contributed by atoms with Gasteiger partial charge in [0.15, 0.2) is 23.3 Å². The number of halogens is 4. The van der Waals surface area contributed by atoms with Crippen molar-refractivity contribution in [2.24, 2.45) is 0 Å². The lowest BCUT2D eigenvalue weighted by atomic mass is 10.0. The van der Waals surface area contributed by atoms with E-state index in [1.54, 1.807) is 0 Å². The molecule has 2 nitrogen and oxygen atoms in total. The van der Waals surface area contributed by atoms with Crippen LogP contribution in [0.15, 0.2) is 48.7 Å². The summed E-state index contributed by atoms with van der Waals surface area (Å²) < 4.78 is 54.6. The van der Waals surface area contributed by atoms with E-state index < -0.39 is 29.9 Å². The Hall–Kier alpha value is -2.73. The molecule has 6 heteroatoms. The van der Waals surface area contributed by atoms with Gasteiger partial charge < -0.3 is 5.11 Å². The maximum atomic E-state index is 13.9. The minimum atomic E-state index is -1.09. The Kier molecular flexibility index (Phi) is 4.31. The van der Waals surface area contributed by atoms with E-state index in [-0.39, 0.29) is 27.9 Å². The molecule has 3 aromatic rings. The largest absolute Gasteiger partial charge is 0.392 e. The van der Waals surface area contributed by atoms with Crippen LogP contribution in [0.2, 0.25) is 0 Å². The van der Waals surface area contributed by atoms with Gasteiger partial charge in [-0.15, -0.1) is 0 Å². The molecule has 122 valence electrons. The lowest BCUT2D eigenvalue weighted by molar-refractivity contribution is 0.282. The highest BCUT2D eigenvalue weighted by Gasteiger charge is 2.17. The molecule has 0 unspecified atom stereocenters. The molecule has 24 heavy (non-hydrogen) atoms. The highest BCUT2D eigenvalue weighted by atomic mass is 19.2. The first kappa shape index (κ1) is 16.1. The van der Waals surface area contributed by atoms with Crippen LogP contribution in [0, 0.1) is 23.3 Å². The molecule has 0 aliphatic carbocycles. The molecule has 0 aliphatic heterocycles. The topological polar surface area (TPSA) is 33.1 Å². The van der Waals surface area contributed by atoms with E-state index in [9.17, 15) is 22.7 Å².